The lowest BCUT2D eigenvalue weighted by Gasteiger charge is -2.10. The fraction of sp³-hybridized carbons (Fsp3) is 0.263. The van der Waals surface area contributed by atoms with Crippen molar-refractivity contribution in [2.45, 2.75) is 25.9 Å². The largest absolute Gasteiger partial charge is 0.492 e. The quantitative estimate of drug-likeness (QED) is 0.468. The van der Waals surface area contributed by atoms with Crippen molar-refractivity contribution < 1.29 is 9.53 Å². The summed E-state index contributed by atoms with van der Waals surface area (Å²) in [5, 5.41) is 12.4. The molecule has 0 amide bonds. The Morgan fingerprint density at radius 3 is 2.81 bits per heavy atom. The molecule has 6 nitrogen and oxygen atoms in total. The lowest BCUT2D eigenvalue weighted by molar-refractivity contribution is 0.102. The second-order valence-electron chi connectivity index (χ2n) is 5.80. The van der Waals surface area contributed by atoms with Crippen LogP contribution in [-0.4, -0.2) is 38.4 Å². The number of hydrogen-bond donors (Lipinski definition) is 0. The van der Waals surface area contributed by atoms with Gasteiger partial charge in [0.05, 0.1) is 12.4 Å². The fourth-order valence-electron chi connectivity index (χ4n) is 2.57. The van der Waals surface area contributed by atoms with E-state index in [1.807, 2.05) is 63.2 Å². The Balaban J connectivity index is 1.80. The predicted octanol–water partition coefficient (Wildman–Crippen LogP) is 3.65. The molecule has 1 heterocycles. The molecular weight excluding hydrogens is 348 g/mol. The maximum Gasteiger partial charge on any atom is 0.214 e. The van der Waals surface area contributed by atoms with Crippen LogP contribution in [0.2, 0.25) is 0 Å². The van der Waals surface area contributed by atoms with Gasteiger partial charge in [-0.1, -0.05) is 41.6 Å². The number of benzene rings is 2. The Kier molecular flexibility index (Phi) is 5.68. The maximum atomic E-state index is 12.6. The van der Waals surface area contributed by atoms with Crippen molar-refractivity contribution in [3.8, 4) is 11.4 Å². The topological polar surface area (TPSA) is 69.9 Å². The van der Waals surface area contributed by atoms with E-state index in [-0.39, 0.29) is 11.5 Å². The Hall–Kier alpha value is -2.67. The van der Waals surface area contributed by atoms with Crippen LogP contribution < -0.4 is 4.74 Å². The fourth-order valence-corrected chi connectivity index (χ4v) is 3.34. The molecule has 134 valence electrons. The standard InChI is InChI=1S/C19H20N4O2S/c1-4-25-18-8-6-5-7-16(18)23-19(20-21-22-23)26-12-17(24)15-11-13(2)9-10-14(15)3/h5-11H,4,12H2,1-3H3. The summed E-state index contributed by atoms with van der Waals surface area (Å²) in [4.78, 5) is 12.6. The third-order valence-corrected chi connectivity index (χ3v) is 4.78. The van der Waals surface area contributed by atoms with E-state index in [1.165, 1.54) is 11.8 Å². The summed E-state index contributed by atoms with van der Waals surface area (Å²) in [6.07, 6.45) is 0. The van der Waals surface area contributed by atoms with Crippen LogP contribution in [-0.2, 0) is 0 Å². The number of tetrazole rings is 1. The van der Waals surface area contributed by atoms with Gasteiger partial charge in [0.25, 0.3) is 0 Å². The summed E-state index contributed by atoms with van der Waals surface area (Å²) in [7, 11) is 0. The second kappa shape index (κ2) is 8.14. The highest BCUT2D eigenvalue weighted by molar-refractivity contribution is 7.99. The van der Waals surface area contributed by atoms with Crippen molar-refractivity contribution >= 4 is 17.5 Å². The van der Waals surface area contributed by atoms with E-state index in [9.17, 15) is 4.79 Å². The first-order chi connectivity index (χ1) is 12.6. The number of aryl methyl sites for hydroxylation is 2. The minimum Gasteiger partial charge on any atom is -0.492 e. The van der Waals surface area contributed by atoms with Gasteiger partial charge in [-0.3, -0.25) is 4.79 Å². The van der Waals surface area contributed by atoms with E-state index in [4.69, 9.17) is 4.74 Å². The molecule has 3 aromatic rings. The smallest absolute Gasteiger partial charge is 0.214 e. The molecule has 7 heteroatoms. The molecule has 0 aliphatic rings. The highest BCUT2D eigenvalue weighted by Gasteiger charge is 2.16. The number of thioether (sulfide) groups is 1. The molecule has 2 aromatic carbocycles. The van der Waals surface area contributed by atoms with Crippen LogP contribution in [0.1, 0.15) is 28.4 Å². The molecule has 26 heavy (non-hydrogen) atoms. The number of ketones is 1. The van der Waals surface area contributed by atoms with Gasteiger partial charge in [-0.05, 0) is 55.0 Å². The molecule has 0 saturated heterocycles. The Bertz CT molecular complexity index is 923. The first-order valence-corrected chi connectivity index (χ1v) is 9.32. The van der Waals surface area contributed by atoms with Gasteiger partial charge < -0.3 is 4.74 Å². The highest BCUT2D eigenvalue weighted by Crippen LogP contribution is 2.26. The molecule has 0 atom stereocenters. The van der Waals surface area contributed by atoms with Crippen LogP contribution in [0, 0.1) is 13.8 Å². The zero-order chi connectivity index (χ0) is 18.5. The molecule has 0 saturated carbocycles. The number of para-hydroxylation sites is 2. The number of carbonyl (C=O) groups excluding carboxylic acids is 1. The van der Waals surface area contributed by atoms with Gasteiger partial charge >= 0.3 is 0 Å². The molecule has 0 aliphatic heterocycles. The molecule has 0 aliphatic carbocycles. The normalized spacial score (nSPS) is 10.7. The molecule has 3 rings (SSSR count). The molecule has 0 bridgehead atoms. The lowest BCUT2D eigenvalue weighted by atomic mass is 10.0. The minimum absolute atomic E-state index is 0.0591. The zero-order valence-corrected chi connectivity index (χ0v) is 15.8. The van der Waals surface area contributed by atoms with Crippen molar-refractivity contribution in [3.63, 3.8) is 0 Å². The van der Waals surface area contributed by atoms with E-state index in [0.717, 1.165) is 22.4 Å². The zero-order valence-electron chi connectivity index (χ0n) is 15.0. The lowest BCUT2D eigenvalue weighted by Crippen LogP contribution is -2.07. The second-order valence-corrected chi connectivity index (χ2v) is 6.75. The molecule has 0 unspecified atom stereocenters. The molecule has 0 N–H and O–H groups in total. The van der Waals surface area contributed by atoms with Gasteiger partial charge in [-0.25, -0.2) is 0 Å². The van der Waals surface area contributed by atoms with E-state index in [0.29, 0.717) is 17.5 Å². The Labute approximate surface area is 156 Å². The molecule has 0 spiro atoms. The number of carbonyl (C=O) groups is 1. The first-order valence-electron chi connectivity index (χ1n) is 8.34. The number of nitrogens with zero attached hydrogens (tertiary/aromatic N) is 4. The van der Waals surface area contributed by atoms with Gasteiger partial charge in [-0.2, -0.15) is 4.68 Å². The third kappa shape index (κ3) is 3.94. The highest BCUT2D eigenvalue weighted by atomic mass is 32.2. The average Bonchev–Trinajstić information content (AvgIpc) is 3.11. The van der Waals surface area contributed by atoms with Crippen LogP contribution in [0.25, 0.3) is 5.69 Å². The van der Waals surface area contributed by atoms with Gasteiger partial charge in [0, 0.05) is 5.56 Å². The molecular formula is C19H20N4O2S. The van der Waals surface area contributed by atoms with Gasteiger partial charge in [0.15, 0.2) is 5.78 Å². The SMILES string of the molecule is CCOc1ccccc1-n1nnnc1SCC(=O)c1cc(C)ccc1C. The van der Waals surface area contributed by atoms with Gasteiger partial charge in [-0.15, -0.1) is 5.10 Å². The Morgan fingerprint density at radius 2 is 2.00 bits per heavy atom. The number of aromatic nitrogens is 4. The van der Waals surface area contributed by atoms with Crippen LogP contribution >= 0.6 is 11.8 Å². The van der Waals surface area contributed by atoms with E-state index >= 15 is 0 Å². The summed E-state index contributed by atoms with van der Waals surface area (Å²) >= 11 is 1.31. The van der Waals surface area contributed by atoms with E-state index in [2.05, 4.69) is 15.5 Å². The summed E-state index contributed by atoms with van der Waals surface area (Å²) in [6, 6.07) is 13.4. The van der Waals surface area contributed by atoms with Gasteiger partial charge in [0.2, 0.25) is 5.16 Å². The number of Topliss-reactive ketones (excluding diaryl/α,β-unsaturated/α-hetero) is 1. The predicted molar refractivity (Wildman–Crippen MR) is 101 cm³/mol. The minimum atomic E-state index is 0.0591. The average molecular weight is 368 g/mol. The van der Waals surface area contributed by atoms with Crippen molar-refractivity contribution in [2.75, 3.05) is 12.4 Å². The number of hydrogen-bond acceptors (Lipinski definition) is 6. The molecule has 1 aromatic heterocycles. The van der Waals surface area contributed by atoms with Crippen molar-refractivity contribution in [3.05, 3.63) is 59.2 Å². The number of rotatable bonds is 7. The van der Waals surface area contributed by atoms with Crippen molar-refractivity contribution in [2.24, 2.45) is 0 Å². The summed E-state index contributed by atoms with van der Waals surface area (Å²) in [5.41, 5.74) is 3.54. The van der Waals surface area contributed by atoms with Crippen LogP contribution in [0.4, 0.5) is 0 Å². The van der Waals surface area contributed by atoms with Crippen molar-refractivity contribution in [1.29, 1.82) is 0 Å². The molecule has 0 fully saturated rings. The maximum absolute atomic E-state index is 12.6. The third-order valence-electron chi connectivity index (χ3n) is 3.86. The van der Waals surface area contributed by atoms with E-state index < -0.39 is 0 Å². The van der Waals surface area contributed by atoms with Gasteiger partial charge in [0.1, 0.15) is 11.4 Å². The summed E-state index contributed by atoms with van der Waals surface area (Å²) in [5.74, 6) is 1.02. The van der Waals surface area contributed by atoms with Crippen LogP contribution in [0.5, 0.6) is 5.75 Å². The van der Waals surface area contributed by atoms with Crippen LogP contribution in [0.15, 0.2) is 47.6 Å². The van der Waals surface area contributed by atoms with E-state index in [1.54, 1.807) is 4.68 Å². The van der Waals surface area contributed by atoms with Crippen molar-refractivity contribution in [1.82, 2.24) is 20.2 Å². The van der Waals surface area contributed by atoms with Crippen LogP contribution in [0.3, 0.4) is 0 Å². The number of ether oxygens (including phenoxy) is 1. The first kappa shape index (κ1) is 18.1. The summed E-state index contributed by atoms with van der Waals surface area (Å²) < 4.78 is 7.25. The Morgan fingerprint density at radius 1 is 1.19 bits per heavy atom. The summed E-state index contributed by atoms with van der Waals surface area (Å²) in [6.45, 7) is 6.40. The molecule has 0 radical (unpaired) electrons. The monoisotopic (exact) mass is 368 g/mol.